The van der Waals surface area contributed by atoms with E-state index in [1.807, 2.05) is 19.2 Å². The summed E-state index contributed by atoms with van der Waals surface area (Å²) >= 11 is 1.54. The lowest BCUT2D eigenvalue weighted by molar-refractivity contribution is -0.145. The van der Waals surface area contributed by atoms with Crippen LogP contribution in [0.4, 0.5) is 13.2 Å². The molecule has 0 saturated carbocycles. The van der Waals surface area contributed by atoms with Crippen LogP contribution in [0.15, 0.2) is 36.8 Å². The van der Waals surface area contributed by atoms with Crippen molar-refractivity contribution in [3.63, 3.8) is 0 Å². The van der Waals surface area contributed by atoms with Crippen LogP contribution in [-0.2, 0) is 17.3 Å². The number of amides is 1. The van der Waals surface area contributed by atoms with Crippen LogP contribution in [0.3, 0.4) is 0 Å². The maximum Gasteiger partial charge on any atom is 0.451 e. The second-order valence-corrected chi connectivity index (χ2v) is 9.33. The number of thiazole rings is 1. The number of nitrogens with one attached hydrogen (secondary N) is 1. The van der Waals surface area contributed by atoms with E-state index in [-0.39, 0.29) is 6.10 Å². The van der Waals surface area contributed by atoms with E-state index in [9.17, 15) is 18.0 Å². The van der Waals surface area contributed by atoms with Gasteiger partial charge in [-0.3, -0.25) is 4.79 Å². The van der Waals surface area contributed by atoms with E-state index in [4.69, 9.17) is 9.47 Å². The van der Waals surface area contributed by atoms with Crippen molar-refractivity contribution in [2.24, 2.45) is 0 Å². The van der Waals surface area contributed by atoms with E-state index in [0.29, 0.717) is 30.1 Å². The molecule has 1 unspecified atom stereocenters. The molecule has 1 aliphatic heterocycles. The molecule has 0 spiro atoms. The third-order valence-electron chi connectivity index (χ3n) is 5.55. The number of ether oxygens (including phenoxy) is 2. The van der Waals surface area contributed by atoms with E-state index in [1.54, 1.807) is 30.4 Å². The van der Waals surface area contributed by atoms with Gasteiger partial charge in [0.15, 0.2) is 0 Å². The molecule has 0 radical (unpaired) electrons. The van der Waals surface area contributed by atoms with Crippen molar-refractivity contribution in [1.29, 1.82) is 0 Å². The number of benzene rings is 1. The predicted octanol–water partition coefficient (Wildman–Crippen LogP) is 5.23. The van der Waals surface area contributed by atoms with Crippen molar-refractivity contribution in [3.8, 4) is 16.3 Å². The molecule has 1 N–H and O–H groups in total. The fourth-order valence-electron chi connectivity index (χ4n) is 3.58. The molecule has 1 amide bonds. The molecule has 1 aromatic carbocycles. The van der Waals surface area contributed by atoms with E-state index in [1.165, 1.54) is 0 Å². The normalized spacial score (nSPS) is 16.8. The van der Waals surface area contributed by atoms with Gasteiger partial charge in [0.1, 0.15) is 17.4 Å². The molecule has 11 heteroatoms. The standard InChI is InChI=1S/C24H25F3N4O3S/c1-3-20-12-28-22(35-20)16-7-15(8-19(9-16)34-13-18-5-4-6-33-18)21(32)31-14(2)17-10-29-23(30-11-17)24(25,26)27/h7-12,14,18H,3-6,13H2,1-2H3,(H,31,32)/t14-,18?/m1/s1. The summed E-state index contributed by atoms with van der Waals surface area (Å²) in [6.45, 7) is 4.79. The van der Waals surface area contributed by atoms with Gasteiger partial charge in [-0.1, -0.05) is 6.92 Å². The smallest absolute Gasteiger partial charge is 0.451 e. The molecule has 1 saturated heterocycles. The second-order valence-electron chi connectivity index (χ2n) is 8.21. The Bertz CT molecular complexity index is 1160. The minimum absolute atomic E-state index is 0.0159. The van der Waals surface area contributed by atoms with Gasteiger partial charge in [-0.2, -0.15) is 13.2 Å². The number of nitrogens with zero attached hydrogens (tertiary/aromatic N) is 3. The van der Waals surface area contributed by atoms with Gasteiger partial charge in [-0.25, -0.2) is 15.0 Å². The molecule has 0 bridgehead atoms. The van der Waals surface area contributed by atoms with Crippen molar-refractivity contribution in [2.75, 3.05) is 13.2 Å². The van der Waals surface area contributed by atoms with Gasteiger partial charge >= 0.3 is 6.18 Å². The van der Waals surface area contributed by atoms with E-state index >= 15 is 0 Å². The first-order valence-electron chi connectivity index (χ1n) is 11.3. The average Bonchev–Trinajstić information content (AvgIpc) is 3.54. The molecule has 4 rings (SSSR count). The lowest BCUT2D eigenvalue weighted by Crippen LogP contribution is -2.27. The van der Waals surface area contributed by atoms with E-state index < -0.39 is 23.9 Å². The van der Waals surface area contributed by atoms with Crippen LogP contribution in [0.25, 0.3) is 10.6 Å². The summed E-state index contributed by atoms with van der Waals surface area (Å²) in [6, 6.07) is 4.59. The summed E-state index contributed by atoms with van der Waals surface area (Å²) in [5.41, 5.74) is 1.44. The quantitative estimate of drug-likeness (QED) is 0.450. The maximum atomic E-state index is 13.1. The Labute approximate surface area is 204 Å². The predicted molar refractivity (Wildman–Crippen MR) is 124 cm³/mol. The number of halogens is 3. The average molecular weight is 507 g/mol. The molecule has 3 heterocycles. The lowest BCUT2D eigenvalue weighted by Gasteiger charge is -2.16. The topological polar surface area (TPSA) is 86.2 Å². The van der Waals surface area contributed by atoms with Crippen molar-refractivity contribution < 1.29 is 27.4 Å². The van der Waals surface area contributed by atoms with Gasteiger partial charge < -0.3 is 14.8 Å². The summed E-state index contributed by atoms with van der Waals surface area (Å²) in [6.07, 6.45) is 2.10. The zero-order valence-corrected chi connectivity index (χ0v) is 20.1. The van der Waals surface area contributed by atoms with Crippen LogP contribution in [0, 0.1) is 0 Å². The molecule has 1 fully saturated rings. The Hall–Kier alpha value is -3.05. The van der Waals surface area contributed by atoms with Crippen LogP contribution >= 0.6 is 11.3 Å². The number of carbonyl (C=O) groups excluding carboxylic acids is 1. The minimum Gasteiger partial charge on any atom is -0.491 e. The van der Waals surface area contributed by atoms with Crippen molar-refractivity contribution >= 4 is 17.2 Å². The third-order valence-corrected chi connectivity index (χ3v) is 6.74. The van der Waals surface area contributed by atoms with Crippen molar-refractivity contribution in [2.45, 2.75) is 51.4 Å². The molecular weight excluding hydrogens is 481 g/mol. The van der Waals surface area contributed by atoms with E-state index in [0.717, 1.165) is 47.1 Å². The molecule has 1 aliphatic rings. The Morgan fingerprint density at radius 2 is 2.00 bits per heavy atom. The molecule has 7 nitrogen and oxygen atoms in total. The summed E-state index contributed by atoms with van der Waals surface area (Å²) in [7, 11) is 0. The van der Waals surface area contributed by atoms with Crippen LogP contribution in [-0.4, -0.2) is 40.2 Å². The SMILES string of the molecule is CCc1cnc(-c2cc(OCC3CCCO3)cc(C(=O)N[C@H](C)c3cnc(C(F)(F)F)nc3)c2)s1. The first-order valence-corrected chi connectivity index (χ1v) is 12.1. The van der Waals surface area contributed by atoms with Gasteiger partial charge in [-0.15, -0.1) is 11.3 Å². The maximum absolute atomic E-state index is 13.1. The number of rotatable bonds is 8. The number of hydrogen-bond donors (Lipinski definition) is 1. The minimum atomic E-state index is -4.63. The van der Waals surface area contributed by atoms with Crippen molar-refractivity contribution in [1.82, 2.24) is 20.3 Å². The largest absolute Gasteiger partial charge is 0.491 e. The van der Waals surface area contributed by atoms with Gasteiger partial charge in [0.25, 0.3) is 5.91 Å². The number of aromatic nitrogens is 3. The Balaban J connectivity index is 1.54. The molecular formula is C24H25F3N4O3S. The number of aryl methyl sites for hydroxylation is 1. The third kappa shape index (κ3) is 6.34. The fraction of sp³-hybridized carbons (Fsp3) is 0.417. The molecule has 2 aromatic heterocycles. The molecule has 35 heavy (non-hydrogen) atoms. The van der Waals surface area contributed by atoms with Gasteiger partial charge in [0.2, 0.25) is 5.82 Å². The highest BCUT2D eigenvalue weighted by Gasteiger charge is 2.34. The Morgan fingerprint density at radius 3 is 2.63 bits per heavy atom. The first kappa shape index (κ1) is 25.1. The first-order chi connectivity index (χ1) is 16.7. The van der Waals surface area contributed by atoms with Crippen LogP contribution in [0.2, 0.25) is 0 Å². The number of carbonyl (C=O) groups is 1. The second kappa shape index (κ2) is 10.7. The van der Waals surface area contributed by atoms with Gasteiger partial charge in [0.05, 0.1) is 12.1 Å². The summed E-state index contributed by atoms with van der Waals surface area (Å²) < 4.78 is 49.8. The highest BCUT2D eigenvalue weighted by molar-refractivity contribution is 7.15. The molecule has 3 aromatic rings. The van der Waals surface area contributed by atoms with Gasteiger partial charge in [-0.05, 0) is 44.4 Å². The number of hydrogen-bond acceptors (Lipinski definition) is 7. The Morgan fingerprint density at radius 1 is 1.23 bits per heavy atom. The van der Waals surface area contributed by atoms with Crippen LogP contribution in [0.1, 0.15) is 59.4 Å². The van der Waals surface area contributed by atoms with E-state index in [2.05, 4.69) is 20.3 Å². The monoisotopic (exact) mass is 506 g/mol. The molecule has 2 atom stereocenters. The summed E-state index contributed by atoms with van der Waals surface area (Å²) in [5, 5.41) is 3.56. The fourth-order valence-corrected chi connectivity index (χ4v) is 4.42. The zero-order chi connectivity index (χ0) is 25.0. The molecule has 0 aliphatic carbocycles. The molecule has 186 valence electrons. The lowest BCUT2D eigenvalue weighted by atomic mass is 10.1. The van der Waals surface area contributed by atoms with Crippen LogP contribution in [0.5, 0.6) is 5.75 Å². The van der Waals surface area contributed by atoms with Crippen molar-refractivity contribution in [3.05, 3.63) is 58.6 Å². The Kier molecular flexibility index (Phi) is 7.66. The van der Waals surface area contributed by atoms with Crippen LogP contribution < -0.4 is 10.1 Å². The number of alkyl halides is 3. The summed E-state index contributed by atoms with van der Waals surface area (Å²) in [5.74, 6) is -1.12. The highest BCUT2D eigenvalue weighted by Crippen LogP contribution is 2.31. The summed E-state index contributed by atoms with van der Waals surface area (Å²) in [4.78, 5) is 25.4. The van der Waals surface area contributed by atoms with Gasteiger partial charge in [0, 0.05) is 46.8 Å². The zero-order valence-electron chi connectivity index (χ0n) is 19.3. The highest BCUT2D eigenvalue weighted by atomic mass is 32.1.